The molecule has 10 rings (SSSR count). The highest BCUT2D eigenvalue weighted by molar-refractivity contribution is 6.17. The van der Waals surface area contributed by atoms with Gasteiger partial charge >= 0.3 is 0 Å². The van der Waals surface area contributed by atoms with Gasteiger partial charge in [0, 0.05) is 32.9 Å². The summed E-state index contributed by atoms with van der Waals surface area (Å²) in [5, 5.41) is 7.55. The second-order valence-electron chi connectivity index (χ2n) is 12.6. The van der Waals surface area contributed by atoms with Crippen molar-refractivity contribution in [3.05, 3.63) is 182 Å². The predicted molar refractivity (Wildman–Crippen MR) is 203 cm³/mol. The molecule has 2 nitrogen and oxygen atoms in total. The van der Waals surface area contributed by atoms with Crippen LogP contribution in [0.3, 0.4) is 0 Å². The number of aromatic nitrogens is 2. The third kappa shape index (κ3) is 4.06. The molecular weight excluding hydrogens is 581 g/mol. The van der Waals surface area contributed by atoms with E-state index in [2.05, 4.69) is 191 Å². The zero-order chi connectivity index (χ0) is 31.6. The summed E-state index contributed by atoms with van der Waals surface area (Å²) < 4.78 is 4.82. The molecule has 0 spiro atoms. The Bertz CT molecular complexity index is 2820. The van der Waals surface area contributed by atoms with E-state index in [1.54, 1.807) is 0 Å². The molecule has 0 bridgehead atoms. The zero-order valence-corrected chi connectivity index (χ0v) is 26.2. The lowest BCUT2D eigenvalue weighted by atomic mass is 9.98. The van der Waals surface area contributed by atoms with Crippen LogP contribution in [0.1, 0.15) is 0 Å². The molecular formula is C46H30N2. The van der Waals surface area contributed by atoms with Gasteiger partial charge in [0.2, 0.25) is 0 Å². The molecule has 224 valence electrons. The van der Waals surface area contributed by atoms with E-state index < -0.39 is 0 Å². The van der Waals surface area contributed by atoms with E-state index in [1.165, 1.54) is 82.3 Å². The number of para-hydroxylation sites is 2. The van der Waals surface area contributed by atoms with E-state index in [4.69, 9.17) is 0 Å². The molecule has 10 aromatic rings. The molecule has 2 aromatic heterocycles. The summed E-state index contributed by atoms with van der Waals surface area (Å²) in [6.07, 6.45) is 0. The zero-order valence-electron chi connectivity index (χ0n) is 26.2. The number of hydrogen-bond acceptors (Lipinski definition) is 0. The van der Waals surface area contributed by atoms with Crippen LogP contribution in [0.5, 0.6) is 0 Å². The Kier molecular flexibility index (Phi) is 5.91. The second kappa shape index (κ2) is 10.6. The Labute approximate surface area is 278 Å². The molecule has 48 heavy (non-hydrogen) atoms. The minimum atomic E-state index is 1.16. The van der Waals surface area contributed by atoms with Crippen LogP contribution < -0.4 is 0 Å². The molecule has 0 aliphatic carbocycles. The molecule has 2 heterocycles. The van der Waals surface area contributed by atoms with Crippen molar-refractivity contribution >= 4 is 54.4 Å². The fourth-order valence-electron chi connectivity index (χ4n) is 7.71. The average Bonchev–Trinajstić information content (AvgIpc) is 3.68. The van der Waals surface area contributed by atoms with Gasteiger partial charge < -0.3 is 9.13 Å². The summed E-state index contributed by atoms with van der Waals surface area (Å²) in [4.78, 5) is 0. The van der Waals surface area contributed by atoms with Crippen molar-refractivity contribution in [1.82, 2.24) is 9.13 Å². The van der Waals surface area contributed by atoms with Crippen molar-refractivity contribution in [3.63, 3.8) is 0 Å². The number of fused-ring (bicyclic) bond motifs is 7. The Balaban J connectivity index is 1.17. The van der Waals surface area contributed by atoms with Crippen LogP contribution in [0.4, 0.5) is 0 Å². The SMILES string of the molecule is c1ccc(-c2ccc(-n3c4ccccc4c4c(-c5ccc6c(c5)c5ccccc5n6-c5ccc6ccccc6c5)cccc43)cc2)cc1. The van der Waals surface area contributed by atoms with Gasteiger partial charge in [-0.25, -0.2) is 0 Å². The van der Waals surface area contributed by atoms with Crippen LogP contribution in [0.15, 0.2) is 182 Å². The largest absolute Gasteiger partial charge is 0.309 e. The maximum absolute atomic E-state index is 2.41. The van der Waals surface area contributed by atoms with Gasteiger partial charge in [-0.15, -0.1) is 0 Å². The van der Waals surface area contributed by atoms with Crippen LogP contribution in [-0.2, 0) is 0 Å². The molecule has 0 aliphatic rings. The summed E-state index contributed by atoms with van der Waals surface area (Å²) in [6, 6.07) is 66.2. The summed E-state index contributed by atoms with van der Waals surface area (Å²) in [7, 11) is 0. The highest BCUT2D eigenvalue weighted by atomic mass is 15.0. The molecule has 0 saturated heterocycles. The minimum absolute atomic E-state index is 1.16. The fourth-order valence-corrected chi connectivity index (χ4v) is 7.71. The number of hydrogen-bond donors (Lipinski definition) is 0. The van der Waals surface area contributed by atoms with Crippen LogP contribution in [0, 0.1) is 0 Å². The summed E-state index contributed by atoms with van der Waals surface area (Å²) in [6.45, 7) is 0. The van der Waals surface area contributed by atoms with Gasteiger partial charge in [-0.05, 0) is 87.6 Å². The van der Waals surface area contributed by atoms with Crippen molar-refractivity contribution in [2.75, 3.05) is 0 Å². The third-order valence-corrected chi connectivity index (χ3v) is 9.91. The van der Waals surface area contributed by atoms with Gasteiger partial charge in [-0.3, -0.25) is 0 Å². The van der Waals surface area contributed by atoms with Gasteiger partial charge in [-0.1, -0.05) is 127 Å². The fraction of sp³-hybridized carbons (Fsp3) is 0. The first kappa shape index (κ1) is 26.8. The molecule has 8 aromatic carbocycles. The van der Waals surface area contributed by atoms with Crippen LogP contribution >= 0.6 is 0 Å². The Morgan fingerprint density at radius 1 is 0.292 bits per heavy atom. The van der Waals surface area contributed by atoms with Gasteiger partial charge in [0.15, 0.2) is 0 Å². The highest BCUT2D eigenvalue weighted by Crippen LogP contribution is 2.41. The lowest BCUT2D eigenvalue weighted by Gasteiger charge is -2.11. The first-order valence-electron chi connectivity index (χ1n) is 16.5. The summed E-state index contributed by atoms with van der Waals surface area (Å²) in [5.74, 6) is 0. The van der Waals surface area contributed by atoms with E-state index in [-0.39, 0.29) is 0 Å². The maximum Gasteiger partial charge on any atom is 0.0547 e. The Morgan fingerprint density at radius 2 is 0.875 bits per heavy atom. The number of benzene rings is 8. The molecule has 0 fully saturated rings. The molecule has 0 N–H and O–H groups in total. The van der Waals surface area contributed by atoms with Crippen LogP contribution in [0.25, 0.3) is 88.0 Å². The molecule has 0 saturated carbocycles. The van der Waals surface area contributed by atoms with E-state index in [1.807, 2.05) is 0 Å². The molecule has 0 radical (unpaired) electrons. The van der Waals surface area contributed by atoms with Gasteiger partial charge in [-0.2, -0.15) is 0 Å². The molecule has 2 heteroatoms. The van der Waals surface area contributed by atoms with E-state index in [9.17, 15) is 0 Å². The normalized spacial score (nSPS) is 11.8. The quantitative estimate of drug-likeness (QED) is 0.188. The maximum atomic E-state index is 2.41. The smallest absolute Gasteiger partial charge is 0.0547 e. The molecule has 0 unspecified atom stereocenters. The standard InChI is InChI=1S/C46H30N2/c1-2-11-31(12-3-1)33-21-25-36(26-22-33)47-43-19-9-7-16-40(43)46-38(17-10-20-45(46)47)35-24-28-44-41(30-35)39-15-6-8-18-42(39)48(44)37-27-23-32-13-4-5-14-34(32)29-37/h1-30H. The van der Waals surface area contributed by atoms with Gasteiger partial charge in [0.25, 0.3) is 0 Å². The van der Waals surface area contributed by atoms with E-state index >= 15 is 0 Å². The first-order chi connectivity index (χ1) is 23.8. The van der Waals surface area contributed by atoms with Crippen molar-refractivity contribution in [2.24, 2.45) is 0 Å². The van der Waals surface area contributed by atoms with E-state index in [0.717, 1.165) is 5.69 Å². The first-order valence-corrected chi connectivity index (χ1v) is 16.5. The third-order valence-electron chi connectivity index (χ3n) is 9.91. The Morgan fingerprint density at radius 3 is 1.71 bits per heavy atom. The van der Waals surface area contributed by atoms with Gasteiger partial charge in [0.1, 0.15) is 0 Å². The number of rotatable bonds is 4. The second-order valence-corrected chi connectivity index (χ2v) is 12.6. The Hall–Kier alpha value is -6.38. The predicted octanol–water partition coefficient (Wildman–Crippen LogP) is 12.4. The van der Waals surface area contributed by atoms with Crippen molar-refractivity contribution in [2.45, 2.75) is 0 Å². The highest BCUT2D eigenvalue weighted by Gasteiger charge is 2.18. The van der Waals surface area contributed by atoms with Crippen molar-refractivity contribution in [1.29, 1.82) is 0 Å². The molecule has 0 amide bonds. The lowest BCUT2D eigenvalue weighted by Crippen LogP contribution is -1.94. The average molecular weight is 611 g/mol. The minimum Gasteiger partial charge on any atom is -0.309 e. The topological polar surface area (TPSA) is 9.86 Å². The summed E-state index contributed by atoms with van der Waals surface area (Å²) in [5.41, 5.74) is 12.1. The molecule has 0 aliphatic heterocycles. The van der Waals surface area contributed by atoms with Crippen LogP contribution in [0.2, 0.25) is 0 Å². The van der Waals surface area contributed by atoms with Crippen molar-refractivity contribution in [3.8, 4) is 33.6 Å². The van der Waals surface area contributed by atoms with E-state index in [0.29, 0.717) is 0 Å². The molecule has 0 atom stereocenters. The lowest BCUT2D eigenvalue weighted by molar-refractivity contribution is 1.18. The van der Waals surface area contributed by atoms with Crippen LogP contribution in [-0.4, -0.2) is 9.13 Å². The van der Waals surface area contributed by atoms with Gasteiger partial charge in [0.05, 0.1) is 22.1 Å². The summed E-state index contributed by atoms with van der Waals surface area (Å²) >= 11 is 0. The number of nitrogens with zero attached hydrogens (tertiary/aromatic N) is 2. The van der Waals surface area contributed by atoms with Crippen molar-refractivity contribution < 1.29 is 0 Å². The monoisotopic (exact) mass is 610 g/mol.